The van der Waals surface area contributed by atoms with Gasteiger partial charge in [0.1, 0.15) is 11.4 Å². The predicted octanol–water partition coefficient (Wildman–Crippen LogP) is 3.18. The maximum atomic E-state index is 13.2. The number of hydrogen-bond donors (Lipinski definition) is 0. The number of benzene rings is 1. The van der Waals surface area contributed by atoms with Gasteiger partial charge in [-0.05, 0) is 60.4 Å². The molecule has 1 amide bonds. The van der Waals surface area contributed by atoms with Gasteiger partial charge in [-0.15, -0.1) is 11.3 Å². The van der Waals surface area contributed by atoms with E-state index in [0.29, 0.717) is 35.9 Å². The lowest BCUT2D eigenvalue weighted by Gasteiger charge is -2.29. The van der Waals surface area contributed by atoms with Gasteiger partial charge in [-0.3, -0.25) is 14.2 Å². The summed E-state index contributed by atoms with van der Waals surface area (Å²) in [5, 5.41) is 0.716. The highest BCUT2D eigenvalue weighted by Crippen LogP contribution is 2.36. The van der Waals surface area contributed by atoms with Gasteiger partial charge >= 0.3 is 0 Å². The Morgan fingerprint density at radius 3 is 2.69 bits per heavy atom. The molecule has 5 rings (SSSR count). The molecular weight excluding hydrogens is 426 g/mol. The van der Waals surface area contributed by atoms with E-state index in [2.05, 4.69) is 11.9 Å². The fraction of sp³-hybridized carbons (Fsp3) is 0.458. The summed E-state index contributed by atoms with van der Waals surface area (Å²) < 4.78 is 12.3. The molecule has 0 unspecified atom stereocenters. The van der Waals surface area contributed by atoms with E-state index >= 15 is 0 Å². The third kappa shape index (κ3) is 3.56. The quantitative estimate of drug-likeness (QED) is 0.607. The van der Waals surface area contributed by atoms with E-state index in [-0.39, 0.29) is 18.0 Å². The van der Waals surface area contributed by atoms with Gasteiger partial charge in [0.15, 0.2) is 11.5 Å². The number of nitrogens with zero attached hydrogens (tertiary/aromatic N) is 3. The minimum Gasteiger partial charge on any atom is -0.493 e. The summed E-state index contributed by atoms with van der Waals surface area (Å²) in [4.78, 5) is 34.7. The molecule has 1 aromatic carbocycles. The summed E-state index contributed by atoms with van der Waals surface area (Å²) in [6, 6.07) is 3.92. The van der Waals surface area contributed by atoms with Gasteiger partial charge in [0.25, 0.3) is 5.56 Å². The first-order valence-corrected chi connectivity index (χ1v) is 11.8. The van der Waals surface area contributed by atoms with Gasteiger partial charge in [-0.25, -0.2) is 4.98 Å². The van der Waals surface area contributed by atoms with Crippen molar-refractivity contribution in [2.24, 2.45) is 5.92 Å². The number of thiophene rings is 1. The van der Waals surface area contributed by atoms with Gasteiger partial charge in [-0.2, -0.15) is 0 Å². The zero-order valence-electron chi connectivity index (χ0n) is 18.6. The van der Waals surface area contributed by atoms with E-state index < -0.39 is 0 Å². The summed E-state index contributed by atoms with van der Waals surface area (Å²) in [5.41, 5.74) is 3.25. The topological polar surface area (TPSA) is 73.7 Å². The highest BCUT2D eigenvalue weighted by atomic mass is 32.1. The summed E-state index contributed by atoms with van der Waals surface area (Å²) >= 11 is 1.63. The number of rotatable bonds is 4. The van der Waals surface area contributed by atoms with Crippen molar-refractivity contribution < 1.29 is 14.3 Å². The molecule has 0 N–H and O–H groups in total. The average molecular weight is 454 g/mol. The molecule has 3 aromatic rings. The Kier molecular flexibility index (Phi) is 5.41. The number of amides is 1. The highest BCUT2D eigenvalue weighted by molar-refractivity contribution is 7.18. The van der Waals surface area contributed by atoms with Crippen LogP contribution in [0.4, 0.5) is 0 Å². The number of aryl methyl sites for hydroxylation is 1. The number of fused-ring (bicyclic) bond motifs is 4. The van der Waals surface area contributed by atoms with E-state index in [9.17, 15) is 9.59 Å². The van der Waals surface area contributed by atoms with Crippen LogP contribution >= 0.6 is 11.3 Å². The van der Waals surface area contributed by atoms with Crippen LogP contribution in [0.5, 0.6) is 11.5 Å². The minimum absolute atomic E-state index is 0.00538. The van der Waals surface area contributed by atoms with Gasteiger partial charge in [0, 0.05) is 18.0 Å². The average Bonchev–Trinajstić information content (AvgIpc) is 3.17. The Labute approximate surface area is 190 Å². The summed E-state index contributed by atoms with van der Waals surface area (Å²) in [6.07, 6.45) is 5.28. The monoisotopic (exact) mass is 453 g/mol. The number of carbonyl (C=O) groups excluding carboxylic acids is 1. The van der Waals surface area contributed by atoms with Crippen LogP contribution in [0, 0.1) is 5.92 Å². The van der Waals surface area contributed by atoms with Crippen molar-refractivity contribution in [1.29, 1.82) is 0 Å². The van der Waals surface area contributed by atoms with Crippen molar-refractivity contribution in [3.63, 3.8) is 0 Å². The van der Waals surface area contributed by atoms with Crippen molar-refractivity contribution in [3.8, 4) is 11.5 Å². The number of carbonyl (C=O) groups is 1. The van der Waals surface area contributed by atoms with Crippen molar-refractivity contribution in [2.75, 3.05) is 20.8 Å². The molecule has 168 valence electrons. The lowest BCUT2D eigenvalue weighted by Crippen LogP contribution is -2.39. The van der Waals surface area contributed by atoms with Crippen LogP contribution in [-0.2, 0) is 37.1 Å². The second kappa shape index (κ2) is 8.24. The van der Waals surface area contributed by atoms with E-state index in [1.54, 1.807) is 30.5 Å². The molecule has 0 spiro atoms. The van der Waals surface area contributed by atoms with E-state index in [1.165, 1.54) is 15.8 Å². The number of hydrogen-bond acceptors (Lipinski definition) is 6. The molecule has 1 aliphatic carbocycles. The smallest absolute Gasteiger partial charge is 0.262 e. The highest BCUT2D eigenvalue weighted by Gasteiger charge is 2.26. The molecule has 2 aliphatic rings. The second-order valence-corrected chi connectivity index (χ2v) is 9.83. The second-order valence-electron chi connectivity index (χ2n) is 8.75. The molecule has 8 heteroatoms. The van der Waals surface area contributed by atoms with Crippen molar-refractivity contribution in [3.05, 3.63) is 50.4 Å². The normalized spacial score (nSPS) is 17.7. The Bertz CT molecular complexity index is 1260. The van der Waals surface area contributed by atoms with E-state index in [1.807, 2.05) is 12.1 Å². The van der Waals surface area contributed by atoms with Crippen molar-refractivity contribution in [1.82, 2.24) is 14.5 Å². The zero-order chi connectivity index (χ0) is 22.4. The molecule has 32 heavy (non-hydrogen) atoms. The van der Waals surface area contributed by atoms with Crippen LogP contribution in [0.15, 0.2) is 23.3 Å². The largest absolute Gasteiger partial charge is 0.493 e. The molecule has 0 saturated heterocycles. The van der Waals surface area contributed by atoms with E-state index in [4.69, 9.17) is 9.47 Å². The molecular formula is C24H27N3O4S. The molecule has 0 radical (unpaired) electrons. The molecule has 0 bridgehead atoms. The van der Waals surface area contributed by atoms with Crippen LogP contribution in [-0.4, -0.2) is 41.1 Å². The lowest BCUT2D eigenvalue weighted by molar-refractivity contribution is -0.132. The van der Waals surface area contributed by atoms with Crippen LogP contribution in [0.25, 0.3) is 10.2 Å². The van der Waals surface area contributed by atoms with Crippen LogP contribution in [0.3, 0.4) is 0 Å². The lowest BCUT2D eigenvalue weighted by atomic mass is 9.89. The molecule has 1 aliphatic heterocycles. The van der Waals surface area contributed by atoms with Crippen LogP contribution in [0.2, 0.25) is 0 Å². The number of methoxy groups -OCH3 is 2. The molecule has 7 nitrogen and oxygen atoms in total. The van der Waals surface area contributed by atoms with Gasteiger partial charge in [-0.1, -0.05) is 6.92 Å². The molecule has 2 aromatic heterocycles. The number of ether oxygens (including phenoxy) is 2. The zero-order valence-corrected chi connectivity index (χ0v) is 19.5. The number of aromatic nitrogens is 2. The van der Waals surface area contributed by atoms with Gasteiger partial charge in [0.05, 0.1) is 25.9 Å². The van der Waals surface area contributed by atoms with Gasteiger partial charge < -0.3 is 14.4 Å². The summed E-state index contributed by atoms with van der Waals surface area (Å²) in [5.74, 6) is 1.92. The first kappa shape index (κ1) is 21.0. The summed E-state index contributed by atoms with van der Waals surface area (Å²) in [6.45, 7) is 3.35. The van der Waals surface area contributed by atoms with E-state index in [0.717, 1.165) is 47.2 Å². The third-order valence-electron chi connectivity index (χ3n) is 6.66. The van der Waals surface area contributed by atoms with Crippen molar-refractivity contribution >= 4 is 27.5 Å². The molecule has 3 heterocycles. The fourth-order valence-corrected chi connectivity index (χ4v) is 6.16. The third-order valence-corrected chi connectivity index (χ3v) is 7.82. The standard InChI is InChI=1S/C24H27N3O4S/c1-14-4-5-17-20(8-14)32-23-22(17)24(29)27(13-25-23)12-21(28)26-7-6-15-9-18(30-2)19(31-3)10-16(15)11-26/h9-10,13-14H,4-8,11-12H2,1-3H3/t14-/m1/s1. The fourth-order valence-electron chi connectivity index (χ4n) is 4.82. The molecule has 1 atom stereocenters. The van der Waals surface area contributed by atoms with Gasteiger partial charge in [0.2, 0.25) is 5.91 Å². The molecule has 0 fully saturated rings. The predicted molar refractivity (Wildman–Crippen MR) is 124 cm³/mol. The Morgan fingerprint density at radius 2 is 1.94 bits per heavy atom. The molecule has 0 saturated carbocycles. The SMILES string of the molecule is COc1cc2c(cc1OC)CN(C(=O)Cn1cnc3sc4c(c3c1=O)CC[C@@H](C)C4)CC2. The maximum absolute atomic E-state index is 13.2. The Hall–Kier alpha value is -2.87. The van der Waals surface area contributed by atoms with Crippen LogP contribution in [0.1, 0.15) is 34.9 Å². The Balaban J connectivity index is 1.39. The maximum Gasteiger partial charge on any atom is 0.262 e. The Morgan fingerprint density at radius 1 is 1.19 bits per heavy atom. The van der Waals surface area contributed by atoms with Crippen LogP contribution < -0.4 is 15.0 Å². The first-order chi connectivity index (χ1) is 15.5. The first-order valence-electron chi connectivity index (χ1n) is 11.0. The van der Waals surface area contributed by atoms with Crippen molar-refractivity contribution in [2.45, 2.75) is 45.7 Å². The summed E-state index contributed by atoms with van der Waals surface area (Å²) in [7, 11) is 3.23. The minimum atomic E-state index is -0.0979.